The maximum Gasteiger partial charge on any atom is 0.258 e. The van der Waals surface area contributed by atoms with Gasteiger partial charge in [-0.05, 0) is 80.2 Å². The minimum absolute atomic E-state index is 0.0123. The summed E-state index contributed by atoms with van der Waals surface area (Å²) in [4.78, 5) is 12.7. The van der Waals surface area contributed by atoms with Crippen molar-refractivity contribution in [1.29, 1.82) is 0 Å². The first-order valence-electron chi connectivity index (χ1n) is 12.1. The van der Waals surface area contributed by atoms with Gasteiger partial charge < -0.3 is 19.9 Å². The van der Waals surface area contributed by atoms with Crippen LogP contribution in [-0.2, 0) is 4.74 Å². The molecule has 4 rings (SSSR count). The smallest absolute Gasteiger partial charge is 0.258 e. The maximum absolute atomic E-state index is 15.1. The van der Waals surface area contributed by atoms with Gasteiger partial charge in [0.25, 0.3) is 5.91 Å². The number of hydrogen-bond donors (Lipinski definition) is 2. The predicted molar refractivity (Wildman–Crippen MR) is 126 cm³/mol. The molecule has 4 atom stereocenters. The Hall–Kier alpha value is -2.50. The van der Waals surface area contributed by atoms with Crippen molar-refractivity contribution in [1.82, 2.24) is 5.32 Å². The van der Waals surface area contributed by atoms with Gasteiger partial charge in [0.05, 0.1) is 19.3 Å². The zero-order valence-electron chi connectivity index (χ0n) is 20.0. The summed E-state index contributed by atoms with van der Waals surface area (Å²) in [6, 6.07) is 2.97. The molecule has 180 valence electrons. The third-order valence-corrected chi connectivity index (χ3v) is 7.45. The highest BCUT2D eigenvalue weighted by Crippen LogP contribution is 2.53. The average Bonchev–Trinajstić information content (AvgIpc) is 3.56. The molecule has 0 aliphatic heterocycles. The van der Waals surface area contributed by atoms with Crippen molar-refractivity contribution in [3.8, 4) is 5.75 Å². The van der Waals surface area contributed by atoms with Crippen LogP contribution in [0.4, 0.5) is 4.39 Å². The lowest BCUT2D eigenvalue weighted by molar-refractivity contribution is -0.0167. The summed E-state index contributed by atoms with van der Waals surface area (Å²) in [5, 5.41) is 12.1. The van der Waals surface area contributed by atoms with E-state index < -0.39 is 11.7 Å². The van der Waals surface area contributed by atoms with Crippen molar-refractivity contribution in [2.24, 2.45) is 23.2 Å². The highest BCUT2D eigenvalue weighted by molar-refractivity contribution is 5.96. The summed E-state index contributed by atoms with van der Waals surface area (Å²) in [5.74, 6) is 1.33. The van der Waals surface area contributed by atoms with Gasteiger partial charge >= 0.3 is 0 Å². The molecule has 0 radical (unpaired) electrons. The Kier molecular flexibility index (Phi) is 6.73. The van der Waals surface area contributed by atoms with Crippen molar-refractivity contribution < 1.29 is 23.8 Å². The van der Waals surface area contributed by atoms with Gasteiger partial charge in [-0.1, -0.05) is 20.4 Å². The molecule has 1 aromatic carbocycles. The molecule has 3 saturated carbocycles. The lowest BCUT2D eigenvalue weighted by Gasteiger charge is -2.49. The van der Waals surface area contributed by atoms with Crippen LogP contribution in [-0.4, -0.2) is 24.7 Å². The van der Waals surface area contributed by atoms with Crippen LogP contribution in [0.25, 0.3) is 0 Å². The van der Waals surface area contributed by atoms with E-state index in [2.05, 4.69) is 25.7 Å². The number of aliphatic hydroxyl groups is 1. The molecule has 0 heterocycles. The highest BCUT2D eigenvalue weighted by Gasteiger charge is 2.45. The minimum Gasteiger partial charge on any atom is -0.506 e. The van der Waals surface area contributed by atoms with Gasteiger partial charge in [0, 0.05) is 11.5 Å². The third kappa shape index (κ3) is 5.36. The monoisotopic (exact) mass is 457 g/mol. The van der Waals surface area contributed by atoms with E-state index in [1.807, 2.05) is 0 Å². The first-order valence-corrected chi connectivity index (χ1v) is 12.1. The summed E-state index contributed by atoms with van der Waals surface area (Å²) in [5.41, 5.74) is 0.960. The number of hydrogen-bond acceptors (Lipinski definition) is 4. The summed E-state index contributed by atoms with van der Waals surface area (Å²) in [7, 11) is 1.38. The molecule has 2 bridgehead atoms. The highest BCUT2D eigenvalue weighted by atomic mass is 19.1. The second-order valence-corrected chi connectivity index (χ2v) is 10.8. The maximum atomic E-state index is 15.1. The lowest BCUT2D eigenvalue weighted by Crippen LogP contribution is -2.43. The molecule has 33 heavy (non-hydrogen) atoms. The van der Waals surface area contributed by atoms with Crippen LogP contribution in [0.2, 0.25) is 0 Å². The Labute approximate surface area is 196 Å². The first kappa shape index (κ1) is 23.7. The van der Waals surface area contributed by atoms with Crippen molar-refractivity contribution in [2.45, 2.75) is 64.7 Å². The SMILES string of the molecule is C=C(O)/C(=C\OC)NC(=O)c1cc(C2CC2)c(OCC23CC(C[C@@H](C)C2)C[C@H](C)C3)cc1F. The zero-order valence-corrected chi connectivity index (χ0v) is 20.0. The van der Waals surface area contributed by atoms with Gasteiger partial charge in [0.2, 0.25) is 0 Å². The van der Waals surface area contributed by atoms with Crippen molar-refractivity contribution >= 4 is 5.91 Å². The van der Waals surface area contributed by atoms with E-state index in [-0.39, 0.29) is 28.4 Å². The summed E-state index contributed by atoms with van der Waals surface area (Å²) >= 11 is 0. The fourth-order valence-corrected chi connectivity index (χ4v) is 6.38. The van der Waals surface area contributed by atoms with Gasteiger partial charge in [0.15, 0.2) is 0 Å². The lowest BCUT2D eigenvalue weighted by atomic mass is 9.57. The number of rotatable bonds is 8. The molecular weight excluding hydrogens is 421 g/mol. The van der Waals surface area contributed by atoms with Gasteiger partial charge in [-0.2, -0.15) is 0 Å². The fraction of sp³-hybridized carbons (Fsp3) is 0.593. The Balaban J connectivity index is 1.55. The number of benzene rings is 1. The van der Waals surface area contributed by atoms with Gasteiger partial charge in [-0.15, -0.1) is 0 Å². The van der Waals surface area contributed by atoms with E-state index in [0.717, 1.165) is 43.4 Å². The van der Waals surface area contributed by atoms with E-state index in [1.54, 1.807) is 6.07 Å². The number of carbonyl (C=O) groups excluding carboxylic acids is 1. The number of amides is 1. The van der Waals surface area contributed by atoms with Crippen molar-refractivity contribution in [2.75, 3.05) is 13.7 Å². The van der Waals surface area contributed by atoms with Gasteiger partial charge in [0.1, 0.15) is 29.3 Å². The Morgan fingerprint density at radius 3 is 2.48 bits per heavy atom. The summed E-state index contributed by atoms with van der Waals surface area (Å²) < 4.78 is 26.3. The molecule has 0 aromatic heterocycles. The van der Waals surface area contributed by atoms with E-state index in [9.17, 15) is 9.90 Å². The zero-order chi connectivity index (χ0) is 23.8. The van der Waals surface area contributed by atoms with Crippen LogP contribution in [0, 0.1) is 29.0 Å². The summed E-state index contributed by atoms with van der Waals surface area (Å²) in [6.45, 7) is 8.68. The second kappa shape index (κ2) is 9.40. The fourth-order valence-electron chi connectivity index (χ4n) is 6.38. The molecule has 3 aliphatic carbocycles. The van der Waals surface area contributed by atoms with Crippen molar-refractivity contribution in [3.63, 3.8) is 0 Å². The molecule has 5 nitrogen and oxygen atoms in total. The standard InChI is InChI=1S/C27H36FNO4/c1-16-7-19-8-17(2)12-27(11-16,13-19)15-33-25-10-23(28)22(9-21(25)20-5-6-20)26(31)29-24(14-32-4)18(3)30/h9-10,14,16-17,19-20,30H,3,5-8,11-13,15H2,1-2,4H3,(H,29,31)/b24-14+/t16-,17+,19?,27?. The number of nitrogens with one attached hydrogen (secondary N) is 1. The van der Waals surface area contributed by atoms with Gasteiger partial charge in [-0.25, -0.2) is 4.39 Å². The number of carbonyl (C=O) groups is 1. The number of halogens is 1. The molecule has 3 aliphatic rings. The van der Waals surface area contributed by atoms with Crippen LogP contribution in [0.3, 0.4) is 0 Å². The van der Waals surface area contributed by atoms with E-state index >= 15 is 4.39 Å². The third-order valence-electron chi connectivity index (χ3n) is 7.45. The van der Waals surface area contributed by atoms with Crippen LogP contribution in [0.15, 0.2) is 36.4 Å². The van der Waals surface area contributed by atoms with E-state index in [0.29, 0.717) is 24.2 Å². The van der Waals surface area contributed by atoms with Crippen molar-refractivity contribution in [3.05, 3.63) is 53.4 Å². The minimum atomic E-state index is -0.664. The van der Waals surface area contributed by atoms with Gasteiger partial charge in [-0.3, -0.25) is 4.79 Å². The summed E-state index contributed by atoms with van der Waals surface area (Å²) in [6.07, 6.45) is 9.29. The molecule has 1 amide bonds. The normalized spacial score (nSPS) is 29.3. The average molecular weight is 458 g/mol. The Morgan fingerprint density at radius 2 is 1.91 bits per heavy atom. The molecule has 3 fully saturated rings. The predicted octanol–water partition coefficient (Wildman–Crippen LogP) is 6.22. The van der Waals surface area contributed by atoms with E-state index in [4.69, 9.17) is 9.47 Å². The molecule has 2 unspecified atom stereocenters. The topological polar surface area (TPSA) is 67.8 Å². The first-order chi connectivity index (χ1) is 15.7. The van der Waals surface area contributed by atoms with Crippen LogP contribution >= 0.6 is 0 Å². The molecule has 1 aromatic rings. The number of fused-ring (bicyclic) bond motifs is 2. The molecular formula is C27H36FNO4. The number of ether oxygens (including phenoxy) is 2. The largest absolute Gasteiger partial charge is 0.506 e. The quantitative estimate of drug-likeness (QED) is 0.359. The molecule has 2 N–H and O–H groups in total. The number of aliphatic hydroxyl groups excluding tert-OH is 1. The van der Waals surface area contributed by atoms with Crippen LogP contribution in [0.5, 0.6) is 5.75 Å². The number of methoxy groups -OCH3 is 1. The molecule has 6 heteroatoms. The second-order valence-electron chi connectivity index (χ2n) is 10.8. The van der Waals surface area contributed by atoms with Crippen LogP contribution < -0.4 is 10.1 Å². The van der Waals surface area contributed by atoms with Crippen LogP contribution in [0.1, 0.15) is 80.6 Å². The molecule has 0 spiro atoms. The Bertz CT molecular complexity index is 932. The van der Waals surface area contributed by atoms with E-state index in [1.165, 1.54) is 32.4 Å². The molecule has 0 saturated heterocycles. The Morgan fingerprint density at radius 1 is 1.24 bits per heavy atom.